The lowest BCUT2D eigenvalue weighted by Gasteiger charge is -2.37. The van der Waals surface area contributed by atoms with Gasteiger partial charge in [-0.05, 0) is 37.1 Å². The molecule has 5 nitrogen and oxygen atoms in total. The van der Waals surface area contributed by atoms with Crippen molar-refractivity contribution >= 4 is 11.6 Å². The maximum atomic E-state index is 5.23. The predicted octanol–water partition coefficient (Wildman–Crippen LogP) is 2.44. The monoisotopic (exact) mass is 318 g/mol. The molecular weight excluding hydrogens is 288 g/mol. The van der Waals surface area contributed by atoms with Crippen LogP contribution in [-0.2, 0) is 0 Å². The van der Waals surface area contributed by atoms with E-state index in [4.69, 9.17) is 9.73 Å². The minimum absolute atomic E-state index is 0.587. The molecule has 0 aliphatic carbocycles. The normalized spacial score (nSPS) is 16.0. The third kappa shape index (κ3) is 5.05. The van der Waals surface area contributed by atoms with Crippen LogP contribution in [0.15, 0.2) is 29.3 Å². The van der Waals surface area contributed by atoms with Crippen LogP contribution in [0.3, 0.4) is 0 Å². The van der Waals surface area contributed by atoms with Crippen molar-refractivity contribution < 1.29 is 4.74 Å². The average Bonchev–Trinajstić information content (AvgIpc) is 2.59. The zero-order valence-electron chi connectivity index (χ0n) is 14.9. The fraction of sp³-hybridized carbons (Fsp3) is 0.611. The molecule has 0 unspecified atom stereocenters. The summed E-state index contributed by atoms with van der Waals surface area (Å²) in [5, 5.41) is 3.42. The van der Waals surface area contributed by atoms with Crippen molar-refractivity contribution in [3.63, 3.8) is 0 Å². The van der Waals surface area contributed by atoms with Gasteiger partial charge in [0.25, 0.3) is 0 Å². The second-order valence-electron chi connectivity index (χ2n) is 6.26. The summed E-state index contributed by atoms with van der Waals surface area (Å²) in [6.45, 7) is 12.3. The van der Waals surface area contributed by atoms with E-state index < -0.39 is 0 Å². The van der Waals surface area contributed by atoms with Gasteiger partial charge in [0.15, 0.2) is 5.96 Å². The molecule has 5 heteroatoms. The molecule has 0 bridgehead atoms. The molecule has 1 heterocycles. The van der Waals surface area contributed by atoms with E-state index in [2.05, 4.69) is 48.0 Å². The molecule has 1 aliphatic rings. The van der Waals surface area contributed by atoms with Crippen LogP contribution >= 0.6 is 0 Å². The molecule has 23 heavy (non-hydrogen) atoms. The molecule has 1 aromatic carbocycles. The number of guanidine groups is 1. The molecule has 1 saturated heterocycles. The predicted molar refractivity (Wildman–Crippen MR) is 97.6 cm³/mol. The first-order valence-corrected chi connectivity index (χ1v) is 8.56. The van der Waals surface area contributed by atoms with Crippen molar-refractivity contribution in [2.45, 2.75) is 20.8 Å². The summed E-state index contributed by atoms with van der Waals surface area (Å²) < 4.78 is 5.23. The minimum Gasteiger partial charge on any atom is -0.497 e. The molecule has 1 aliphatic heterocycles. The van der Waals surface area contributed by atoms with Crippen LogP contribution in [0.1, 0.15) is 20.8 Å². The molecular formula is C18H30N4O. The maximum absolute atomic E-state index is 5.23. The van der Waals surface area contributed by atoms with E-state index in [1.165, 1.54) is 5.69 Å². The minimum atomic E-state index is 0.587. The number of nitrogens with one attached hydrogen (secondary N) is 1. The molecule has 1 aromatic rings. The number of benzene rings is 1. The Morgan fingerprint density at radius 1 is 1.17 bits per heavy atom. The second kappa shape index (κ2) is 8.65. The lowest BCUT2D eigenvalue weighted by molar-refractivity contribution is 0.371. The number of methoxy groups -OCH3 is 1. The van der Waals surface area contributed by atoms with Crippen molar-refractivity contribution in [2.24, 2.45) is 10.9 Å². The van der Waals surface area contributed by atoms with Gasteiger partial charge in [-0.15, -0.1) is 0 Å². The first-order valence-electron chi connectivity index (χ1n) is 8.56. The Morgan fingerprint density at radius 2 is 1.83 bits per heavy atom. The van der Waals surface area contributed by atoms with Gasteiger partial charge in [0.1, 0.15) is 5.75 Å². The van der Waals surface area contributed by atoms with Gasteiger partial charge in [0.05, 0.1) is 7.11 Å². The van der Waals surface area contributed by atoms with E-state index in [0.717, 1.165) is 51.0 Å². The largest absolute Gasteiger partial charge is 0.497 e. The van der Waals surface area contributed by atoms with E-state index >= 15 is 0 Å². The number of hydrogen-bond donors (Lipinski definition) is 1. The van der Waals surface area contributed by atoms with Crippen molar-refractivity contribution in [3.8, 4) is 5.75 Å². The summed E-state index contributed by atoms with van der Waals surface area (Å²) in [6, 6.07) is 8.31. The highest BCUT2D eigenvalue weighted by molar-refractivity contribution is 5.80. The van der Waals surface area contributed by atoms with Gasteiger partial charge in [0, 0.05) is 45.0 Å². The summed E-state index contributed by atoms with van der Waals surface area (Å²) in [5.41, 5.74) is 1.26. The molecule has 0 spiro atoms. The highest BCUT2D eigenvalue weighted by Crippen LogP contribution is 2.20. The molecule has 0 atom stereocenters. The number of piperazine rings is 1. The third-order valence-corrected chi connectivity index (χ3v) is 3.96. The summed E-state index contributed by atoms with van der Waals surface area (Å²) in [7, 11) is 1.70. The third-order valence-electron chi connectivity index (χ3n) is 3.96. The topological polar surface area (TPSA) is 40.1 Å². The Hall–Kier alpha value is -1.91. The smallest absolute Gasteiger partial charge is 0.194 e. The Bertz CT molecular complexity index is 490. The summed E-state index contributed by atoms with van der Waals surface area (Å²) in [6.07, 6.45) is 0. The molecule has 0 radical (unpaired) electrons. The van der Waals surface area contributed by atoms with Crippen molar-refractivity contribution in [1.82, 2.24) is 10.2 Å². The fourth-order valence-corrected chi connectivity index (χ4v) is 2.66. The van der Waals surface area contributed by atoms with E-state index in [-0.39, 0.29) is 0 Å². The van der Waals surface area contributed by atoms with Crippen LogP contribution in [-0.4, -0.2) is 57.2 Å². The van der Waals surface area contributed by atoms with Gasteiger partial charge < -0.3 is 19.9 Å². The van der Waals surface area contributed by atoms with Gasteiger partial charge in [0.2, 0.25) is 0 Å². The molecule has 2 rings (SSSR count). The van der Waals surface area contributed by atoms with Crippen LogP contribution in [0.4, 0.5) is 5.69 Å². The second-order valence-corrected chi connectivity index (χ2v) is 6.26. The lowest BCUT2D eigenvalue weighted by atomic mass is 10.2. The van der Waals surface area contributed by atoms with Gasteiger partial charge >= 0.3 is 0 Å². The van der Waals surface area contributed by atoms with Crippen molar-refractivity contribution in [3.05, 3.63) is 24.3 Å². The quantitative estimate of drug-likeness (QED) is 0.669. The number of anilines is 1. The highest BCUT2D eigenvalue weighted by Gasteiger charge is 2.19. The summed E-state index contributed by atoms with van der Waals surface area (Å²) >= 11 is 0. The standard InChI is InChI=1S/C18H30N4O/c1-5-19-18(20-14-15(2)3)22-12-10-21(11-13-22)16-6-8-17(23-4)9-7-16/h6-9,15H,5,10-14H2,1-4H3,(H,19,20). The summed E-state index contributed by atoms with van der Waals surface area (Å²) in [5.74, 6) is 2.54. The SMILES string of the molecule is CCNC(=NCC(C)C)N1CCN(c2ccc(OC)cc2)CC1. The lowest BCUT2D eigenvalue weighted by Crippen LogP contribution is -2.52. The molecule has 1 fully saturated rings. The zero-order valence-corrected chi connectivity index (χ0v) is 14.9. The van der Waals surface area contributed by atoms with Crippen LogP contribution in [0.25, 0.3) is 0 Å². The molecule has 0 aromatic heterocycles. The Labute approximate surface area is 140 Å². The molecule has 1 N–H and O–H groups in total. The van der Waals surface area contributed by atoms with Crippen molar-refractivity contribution in [2.75, 3.05) is 51.3 Å². The number of aliphatic imine (C=N–C) groups is 1. The molecule has 0 amide bonds. The van der Waals surface area contributed by atoms with E-state index in [9.17, 15) is 0 Å². The summed E-state index contributed by atoms with van der Waals surface area (Å²) in [4.78, 5) is 9.54. The van der Waals surface area contributed by atoms with Gasteiger partial charge in [-0.1, -0.05) is 13.8 Å². The molecule has 0 saturated carbocycles. The fourth-order valence-electron chi connectivity index (χ4n) is 2.66. The van der Waals surface area contributed by atoms with E-state index in [0.29, 0.717) is 5.92 Å². The number of rotatable bonds is 5. The van der Waals surface area contributed by atoms with Crippen LogP contribution < -0.4 is 15.0 Å². The number of ether oxygens (including phenoxy) is 1. The molecule has 128 valence electrons. The van der Waals surface area contributed by atoms with Crippen LogP contribution in [0.2, 0.25) is 0 Å². The first-order chi connectivity index (χ1) is 11.1. The van der Waals surface area contributed by atoms with Gasteiger partial charge in [-0.3, -0.25) is 4.99 Å². The van der Waals surface area contributed by atoms with E-state index in [1.807, 2.05) is 12.1 Å². The highest BCUT2D eigenvalue weighted by atomic mass is 16.5. The van der Waals surface area contributed by atoms with Gasteiger partial charge in [-0.25, -0.2) is 0 Å². The average molecular weight is 318 g/mol. The number of nitrogens with zero attached hydrogens (tertiary/aromatic N) is 3. The Kier molecular flexibility index (Phi) is 6.56. The maximum Gasteiger partial charge on any atom is 0.194 e. The van der Waals surface area contributed by atoms with E-state index in [1.54, 1.807) is 7.11 Å². The number of hydrogen-bond acceptors (Lipinski definition) is 3. The Morgan fingerprint density at radius 3 is 2.35 bits per heavy atom. The van der Waals surface area contributed by atoms with Gasteiger partial charge in [-0.2, -0.15) is 0 Å². The Balaban J connectivity index is 1.94. The van der Waals surface area contributed by atoms with Crippen LogP contribution in [0, 0.1) is 5.92 Å². The van der Waals surface area contributed by atoms with Crippen molar-refractivity contribution in [1.29, 1.82) is 0 Å². The first kappa shape index (κ1) is 17.4. The zero-order chi connectivity index (χ0) is 16.7. The van der Waals surface area contributed by atoms with Crippen LogP contribution in [0.5, 0.6) is 5.75 Å².